The standard InChI is InChI=1S/C12H22N4O4S/c1-4-6-9-11(21(13,18)19)10(15-14-9)12(17)16(3)7-8-20-5-2/h4-8H2,1-3H3,(H,14,15)(H2,13,18,19). The lowest BCUT2D eigenvalue weighted by Gasteiger charge is -2.16. The van der Waals surface area contributed by atoms with Gasteiger partial charge in [-0.2, -0.15) is 5.10 Å². The summed E-state index contributed by atoms with van der Waals surface area (Å²) in [7, 11) is -2.46. The van der Waals surface area contributed by atoms with Gasteiger partial charge in [0.05, 0.1) is 12.3 Å². The molecule has 3 N–H and O–H groups in total. The van der Waals surface area contributed by atoms with Crippen molar-refractivity contribution in [2.24, 2.45) is 5.14 Å². The summed E-state index contributed by atoms with van der Waals surface area (Å²) in [6, 6.07) is 0. The molecule has 0 aliphatic rings. The number of ether oxygens (including phenoxy) is 1. The number of amides is 1. The summed E-state index contributed by atoms with van der Waals surface area (Å²) in [5, 5.41) is 11.6. The van der Waals surface area contributed by atoms with E-state index < -0.39 is 15.9 Å². The molecule has 0 bridgehead atoms. The van der Waals surface area contributed by atoms with Crippen molar-refractivity contribution in [3.8, 4) is 0 Å². The molecular weight excluding hydrogens is 296 g/mol. The van der Waals surface area contributed by atoms with Crippen molar-refractivity contribution < 1.29 is 17.9 Å². The van der Waals surface area contributed by atoms with E-state index in [-0.39, 0.29) is 10.6 Å². The number of carbonyl (C=O) groups excluding carboxylic acids is 1. The first-order valence-corrected chi connectivity index (χ1v) is 8.30. The molecule has 1 amide bonds. The Morgan fingerprint density at radius 3 is 2.62 bits per heavy atom. The van der Waals surface area contributed by atoms with Crippen LogP contribution in [0.5, 0.6) is 0 Å². The number of carbonyl (C=O) groups is 1. The molecule has 1 aromatic heterocycles. The van der Waals surface area contributed by atoms with Crippen molar-refractivity contribution in [1.82, 2.24) is 15.1 Å². The highest BCUT2D eigenvalue weighted by atomic mass is 32.2. The highest BCUT2D eigenvalue weighted by Gasteiger charge is 2.28. The molecule has 0 fully saturated rings. The van der Waals surface area contributed by atoms with Gasteiger partial charge in [-0.15, -0.1) is 0 Å². The second-order valence-electron chi connectivity index (χ2n) is 4.60. The van der Waals surface area contributed by atoms with E-state index in [2.05, 4.69) is 10.2 Å². The zero-order chi connectivity index (χ0) is 16.0. The molecule has 0 atom stereocenters. The minimum absolute atomic E-state index is 0.167. The number of nitrogens with zero attached hydrogens (tertiary/aromatic N) is 2. The Morgan fingerprint density at radius 2 is 2.10 bits per heavy atom. The average Bonchev–Trinajstić information content (AvgIpc) is 2.82. The van der Waals surface area contributed by atoms with E-state index in [1.54, 1.807) is 7.05 Å². The molecule has 1 rings (SSSR count). The Bertz CT molecular complexity index is 582. The summed E-state index contributed by atoms with van der Waals surface area (Å²) in [6.07, 6.45) is 1.16. The number of nitrogens with one attached hydrogen (secondary N) is 1. The second kappa shape index (κ2) is 7.53. The quantitative estimate of drug-likeness (QED) is 0.660. The van der Waals surface area contributed by atoms with Crippen LogP contribution in [0.1, 0.15) is 36.5 Å². The second-order valence-corrected chi connectivity index (χ2v) is 6.10. The van der Waals surface area contributed by atoms with E-state index in [1.807, 2.05) is 13.8 Å². The van der Waals surface area contributed by atoms with E-state index in [4.69, 9.17) is 9.88 Å². The number of hydrogen-bond acceptors (Lipinski definition) is 5. The number of hydrogen-bond donors (Lipinski definition) is 2. The van der Waals surface area contributed by atoms with E-state index >= 15 is 0 Å². The number of aryl methyl sites for hydroxylation is 1. The minimum atomic E-state index is -4.02. The van der Waals surface area contributed by atoms with Gasteiger partial charge in [0.15, 0.2) is 5.69 Å². The molecule has 0 saturated carbocycles. The molecular formula is C12H22N4O4S. The predicted molar refractivity (Wildman–Crippen MR) is 77.4 cm³/mol. The van der Waals surface area contributed by atoms with Gasteiger partial charge < -0.3 is 9.64 Å². The van der Waals surface area contributed by atoms with E-state index in [1.165, 1.54) is 4.90 Å². The lowest BCUT2D eigenvalue weighted by atomic mass is 10.2. The maximum atomic E-state index is 12.3. The highest BCUT2D eigenvalue weighted by Crippen LogP contribution is 2.19. The van der Waals surface area contributed by atoms with Crippen LogP contribution in [0.2, 0.25) is 0 Å². The topological polar surface area (TPSA) is 118 Å². The van der Waals surface area contributed by atoms with Crippen LogP contribution in [0.3, 0.4) is 0 Å². The Labute approximate surface area is 124 Å². The summed E-state index contributed by atoms with van der Waals surface area (Å²) in [6.45, 7) is 5.00. The number of aromatic nitrogens is 2. The third kappa shape index (κ3) is 4.51. The van der Waals surface area contributed by atoms with Gasteiger partial charge >= 0.3 is 0 Å². The number of primary sulfonamides is 1. The maximum absolute atomic E-state index is 12.3. The van der Waals surface area contributed by atoms with Crippen molar-refractivity contribution in [2.45, 2.75) is 31.6 Å². The maximum Gasteiger partial charge on any atom is 0.275 e. The van der Waals surface area contributed by atoms with Crippen molar-refractivity contribution in [3.05, 3.63) is 11.4 Å². The molecule has 0 radical (unpaired) electrons. The van der Waals surface area contributed by atoms with Crippen LogP contribution >= 0.6 is 0 Å². The van der Waals surface area contributed by atoms with Gasteiger partial charge in [0.25, 0.3) is 5.91 Å². The van der Waals surface area contributed by atoms with Gasteiger partial charge in [0, 0.05) is 20.2 Å². The zero-order valence-electron chi connectivity index (χ0n) is 12.5. The first-order valence-electron chi connectivity index (χ1n) is 6.76. The van der Waals surface area contributed by atoms with Crippen molar-refractivity contribution >= 4 is 15.9 Å². The number of nitrogens with two attached hydrogens (primary N) is 1. The fourth-order valence-electron chi connectivity index (χ4n) is 1.87. The van der Waals surface area contributed by atoms with Gasteiger partial charge in [0.2, 0.25) is 10.0 Å². The van der Waals surface area contributed by atoms with Gasteiger partial charge in [-0.25, -0.2) is 13.6 Å². The molecule has 1 heterocycles. The summed E-state index contributed by atoms with van der Waals surface area (Å²) >= 11 is 0. The van der Waals surface area contributed by atoms with E-state index in [9.17, 15) is 13.2 Å². The van der Waals surface area contributed by atoms with Crippen LogP contribution in [0, 0.1) is 0 Å². The molecule has 0 saturated heterocycles. The van der Waals surface area contributed by atoms with Crippen molar-refractivity contribution in [3.63, 3.8) is 0 Å². The summed E-state index contributed by atoms with van der Waals surface area (Å²) in [4.78, 5) is 13.4. The Balaban J connectivity index is 3.04. The molecule has 9 heteroatoms. The molecule has 0 aliphatic heterocycles. The summed E-state index contributed by atoms with van der Waals surface area (Å²) in [5.41, 5.74) is 0.196. The van der Waals surface area contributed by atoms with Gasteiger partial charge in [-0.1, -0.05) is 13.3 Å². The lowest BCUT2D eigenvalue weighted by molar-refractivity contribution is 0.0701. The SMILES string of the molecule is CCCc1[nH]nc(C(=O)N(C)CCOCC)c1S(N)(=O)=O. The van der Waals surface area contributed by atoms with Crippen molar-refractivity contribution in [2.75, 3.05) is 26.8 Å². The smallest absolute Gasteiger partial charge is 0.275 e. The molecule has 1 aromatic rings. The first kappa shape index (κ1) is 17.6. The van der Waals surface area contributed by atoms with Crippen LogP contribution < -0.4 is 5.14 Å². The summed E-state index contributed by atoms with van der Waals surface area (Å²) in [5.74, 6) is -0.502. The minimum Gasteiger partial charge on any atom is -0.380 e. The van der Waals surface area contributed by atoms with E-state index in [0.29, 0.717) is 38.3 Å². The van der Waals surface area contributed by atoms with Crippen LogP contribution in [0.4, 0.5) is 0 Å². The van der Waals surface area contributed by atoms with Crippen molar-refractivity contribution in [1.29, 1.82) is 0 Å². The fraction of sp³-hybridized carbons (Fsp3) is 0.667. The molecule has 120 valence electrons. The van der Waals surface area contributed by atoms with Crippen LogP contribution in [0.15, 0.2) is 4.90 Å². The third-order valence-electron chi connectivity index (χ3n) is 2.90. The number of H-pyrrole nitrogens is 1. The number of sulfonamides is 1. The Kier molecular flexibility index (Phi) is 6.31. The fourth-order valence-corrected chi connectivity index (χ4v) is 2.76. The van der Waals surface area contributed by atoms with Gasteiger partial charge in [-0.05, 0) is 13.3 Å². The third-order valence-corrected chi connectivity index (χ3v) is 3.91. The number of likely N-dealkylation sites (N-methyl/N-ethyl adjacent to an activating group) is 1. The Morgan fingerprint density at radius 1 is 1.43 bits per heavy atom. The lowest BCUT2D eigenvalue weighted by Crippen LogP contribution is -2.32. The average molecular weight is 318 g/mol. The molecule has 0 aliphatic carbocycles. The Hall–Kier alpha value is -1.45. The molecule has 0 aromatic carbocycles. The number of aromatic amines is 1. The van der Waals surface area contributed by atoms with Crippen LogP contribution in [-0.4, -0.2) is 56.2 Å². The summed E-state index contributed by atoms with van der Waals surface area (Å²) < 4.78 is 28.6. The zero-order valence-corrected chi connectivity index (χ0v) is 13.4. The molecule has 0 spiro atoms. The van der Waals surface area contributed by atoms with Crippen LogP contribution in [0.25, 0.3) is 0 Å². The van der Waals surface area contributed by atoms with Gasteiger partial charge in [-0.3, -0.25) is 9.89 Å². The highest BCUT2D eigenvalue weighted by molar-refractivity contribution is 7.89. The predicted octanol–water partition coefficient (Wildman–Crippen LogP) is 0.118. The van der Waals surface area contributed by atoms with Crippen LogP contribution in [-0.2, 0) is 21.2 Å². The van der Waals surface area contributed by atoms with Gasteiger partial charge in [0.1, 0.15) is 4.90 Å². The first-order chi connectivity index (χ1) is 9.82. The largest absolute Gasteiger partial charge is 0.380 e. The molecule has 8 nitrogen and oxygen atoms in total. The monoisotopic (exact) mass is 318 g/mol. The number of rotatable bonds is 8. The molecule has 21 heavy (non-hydrogen) atoms. The molecule has 0 unspecified atom stereocenters. The van der Waals surface area contributed by atoms with E-state index in [0.717, 1.165) is 0 Å². The normalized spacial score (nSPS) is 11.6.